The maximum Gasteiger partial charge on any atom is 0.252 e. The number of amides is 1. The molecule has 1 aromatic heterocycles. The number of hydrogen-bond acceptors (Lipinski definition) is 4. The third-order valence-electron chi connectivity index (χ3n) is 7.58. The first kappa shape index (κ1) is 19.4. The van der Waals surface area contributed by atoms with Crippen LogP contribution in [-0.4, -0.2) is 16.6 Å². The van der Waals surface area contributed by atoms with Gasteiger partial charge < -0.3 is 5.73 Å². The SMILES string of the molecule is CC12CCc3nc(-c4ccc(C5(N)CCC5)cc4)c(-c4ccccc4)cc3C1=NNC2=O. The Balaban J connectivity index is 1.51. The fourth-order valence-electron chi connectivity index (χ4n) is 5.23. The summed E-state index contributed by atoms with van der Waals surface area (Å²) in [6.07, 6.45) is 4.77. The third kappa shape index (κ3) is 2.77. The molecule has 32 heavy (non-hydrogen) atoms. The van der Waals surface area contributed by atoms with Crippen molar-refractivity contribution in [3.8, 4) is 22.4 Å². The molecule has 1 unspecified atom stereocenters. The summed E-state index contributed by atoms with van der Waals surface area (Å²) in [7, 11) is 0. The first-order valence-electron chi connectivity index (χ1n) is 11.4. The van der Waals surface area contributed by atoms with E-state index in [-0.39, 0.29) is 11.4 Å². The van der Waals surface area contributed by atoms with E-state index in [4.69, 9.17) is 10.7 Å². The molecule has 1 saturated carbocycles. The molecule has 3 N–H and O–H groups in total. The summed E-state index contributed by atoms with van der Waals surface area (Å²) in [5, 5.41) is 4.41. The third-order valence-corrected chi connectivity index (χ3v) is 7.58. The van der Waals surface area contributed by atoms with E-state index in [0.717, 1.165) is 65.0 Å². The molecule has 1 amide bonds. The summed E-state index contributed by atoms with van der Waals surface area (Å²) >= 11 is 0. The Morgan fingerprint density at radius 2 is 1.69 bits per heavy atom. The van der Waals surface area contributed by atoms with Crippen molar-refractivity contribution in [1.29, 1.82) is 0 Å². The molecule has 1 aliphatic heterocycles. The van der Waals surface area contributed by atoms with Crippen LogP contribution in [0.15, 0.2) is 65.8 Å². The number of nitrogens with one attached hydrogen (secondary N) is 1. The van der Waals surface area contributed by atoms with Crippen LogP contribution < -0.4 is 11.2 Å². The number of carbonyl (C=O) groups excluding carboxylic acids is 1. The standard InChI is InChI=1S/C27H26N4O/c1-26-15-12-22-21(24(26)30-31-25(26)32)16-20(17-6-3-2-4-7-17)23(29-22)18-8-10-19(11-9-18)27(28)13-5-14-27/h2-4,6-11,16H,5,12-15,28H2,1H3,(H,31,32). The molecule has 2 heterocycles. The van der Waals surface area contributed by atoms with E-state index in [1.54, 1.807) is 0 Å². The lowest BCUT2D eigenvalue weighted by atomic mass is 9.72. The Kier molecular flexibility index (Phi) is 4.14. The van der Waals surface area contributed by atoms with Crippen molar-refractivity contribution < 1.29 is 4.79 Å². The molecule has 0 radical (unpaired) electrons. The molecule has 5 heteroatoms. The van der Waals surface area contributed by atoms with Gasteiger partial charge in [0.15, 0.2) is 0 Å². The van der Waals surface area contributed by atoms with Gasteiger partial charge in [0.2, 0.25) is 0 Å². The monoisotopic (exact) mass is 422 g/mol. The van der Waals surface area contributed by atoms with E-state index in [1.807, 2.05) is 25.1 Å². The fourth-order valence-corrected chi connectivity index (χ4v) is 5.23. The van der Waals surface area contributed by atoms with Gasteiger partial charge in [-0.25, -0.2) is 5.43 Å². The van der Waals surface area contributed by atoms with Crippen LogP contribution in [0, 0.1) is 5.41 Å². The summed E-state index contributed by atoms with van der Waals surface area (Å²) in [5.74, 6) is -0.0224. The number of pyridine rings is 1. The zero-order valence-corrected chi connectivity index (χ0v) is 18.2. The van der Waals surface area contributed by atoms with E-state index in [2.05, 4.69) is 53.0 Å². The van der Waals surface area contributed by atoms with Crippen LogP contribution in [0.4, 0.5) is 0 Å². The lowest BCUT2D eigenvalue weighted by Crippen LogP contribution is -2.43. The van der Waals surface area contributed by atoms with Crippen LogP contribution in [0.5, 0.6) is 0 Å². The Labute approximate surface area is 187 Å². The summed E-state index contributed by atoms with van der Waals surface area (Å²) in [4.78, 5) is 17.6. The highest BCUT2D eigenvalue weighted by molar-refractivity contribution is 6.21. The van der Waals surface area contributed by atoms with Crippen molar-refractivity contribution in [1.82, 2.24) is 10.4 Å². The molecular weight excluding hydrogens is 396 g/mol. The molecule has 0 saturated heterocycles. The van der Waals surface area contributed by atoms with Crippen molar-refractivity contribution in [2.24, 2.45) is 16.3 Å². The van der Waals surface area contributed by atoms with Crippen LogP contribution in [-0.2, 0) is 16.8 Å². The van der Waals surface area contributed by atoms with Gasteiger partial charge in [-0.2, -0.15) is 5.10 Å². The van der Waals surface area contributed by atoms with Gasteiger partial charge in [0.1, 0.15) is 0 Å². The number of aromatic nitrogens is 1. The molecule has 2 aromatic carbocycles. The number of aryl methyl sites for hydroxylation is 1. The normalized spacial score (nSPS) is 22.9. The summed E-state index contributed by atoms with van der Waals surface area (Å²) in [6.45, 7) is 1.98. The quantitative estimate of drug-likeness (QED) is 0.650. The van der Waals surface area contributed by atoms with E-state index in [1.165, 1.54) is 12.0 Å². The Morgan fingerprint density at radius 3 is 2.38 bits per heavy atom. The minimum absolute atomic E-state index is 0.0224. The Morgan fingerprint density at radius 1 is 0.938 bits per heavy atom. The summed E-state index contributed by atoms with van der Waals surface area (Å²) < 4.78 is 0. The first-order chi connectivity index (χ1) is 15.5. The molecule has 1 atom stereocenters. The van der Waals surface area contributed by atoms with Crippen molar-refractivity contribution in [3.63, 3.8) is 0 Å². The van der Waals surface area contributed by atoms with Gasteiger partial charge in [0.25, 0.3) is 5.91 Å². The molecule has 3 aliphatic rings. The van der Waals surface area contributed by atoms with Crippen molar-refractivity contribution in [3.05, 3.63) is 77.5 Å². The van der Waals surface area contributed by atoms with Gasteiger partial charge in [-0.3, -0.25) is 9.78 Å². The molecule has 6 rings (SSSR count). The van der Waals surface area contributed by atoms with E-state index in [9.17, 15) is 4.79 Å². The second-order valence-corrected chi connectivity index (χ2v) is 9.57. The lowest BCUT2D eigenvalue weighted by Gasteiger charge is -2.38. The molecule has 5 nitrogen and oxygen atoms in total. The largest absolute Gasteiger partial charge is 0.321 e. The highest BCUT2D eigenvalue weighted by Gasteiger charge is 2.47. The van der Waals surface area contributed by atoms with Crippen molar-refractivity contribution in [2.45, 2.75) is 44.6 Å². The van der Waals surface area contributed by atoms with Gasteiger partial charge in [-0.1, -0.05) is 54.6 Å². The maximum absolute atomic E-state index is 12.5. The molecule has 0 spiro atoms. The predicted molar refractivity (Wildman–Crippen MR) is 126 cm³/mol. The number of benzene rings is 2. The van der Waals surface area contributed by atoms with Gasteiger partial charge in [-0.05, 0) is 56.2 Å². The van der Waals surface area contributed by atoms with Gasteiger partial charge in [0, 0.05) is 22.2 Å². The second kappa shape index (κ2) is 6.84. The van der Waals surface area contributed by atoms with Gasteiger partial charge in [0.05, 0.1) is 22.5 Å². The second-order valence-electron chi connectivity index (χ2n) is 9.57. The van der Waals surface area contributed by atoms with Gasteiger partial charge in [-0.15, -0.1) is 0 Å². The smallest absolute Gasteiger partial charge is 0.252 e. The molecular formula is C27H26N4O. The topological polar surface area (TPSA) is 80.4 Å². The number of nitrogens with two attached hydrogens (primary N) is 1. The number of nitrogens with zero attached hydrogens (tertiary/aromatic N) is 2. The highest BCUT2D eigenvalue weighted by Crippen LogP contribution is 2.43. The number of rotatable bonds is 3. The Bertz CT molecular complexity index is 1260. The minimum atomic E-state index is -0.579. The average molecular weight is 423 g/mol. The summed E-state index contributed by atoms with van der Waals surface area (Å²) in [6, 6.07) is 21.1. The number of carbonyl (C=O) groups is 1. The molecule has 3 aromatic rings. The van der Waals surface area contributed by atoms with Crippen LogP contribution in [0.2, 0.25) is 0 Å². The Hall–Kier alpha value is -3.31. The molecule has 2 aliphatic carbocycles. The van der Waals surface area contributed by atoms with E-state index < -0.39 is 5.41 Å². The number of fused-ring (bicyclic) bond motifs is 3. The van der Waals surface area contributed by atoms with Crippen molar-refractivity contribution in [2.75, 3.05) is 0 Å². The minimum Gasteiger partial charge on any atom is -0.321 e. The van der Waals surface area contributed by atoms with Gasteiger partial charge >= 0.3 is 0 Å². The fraction of sp³-hybridized carbons (Fsp3) is 0.296. The van der Waals surface area contributed by atoms with Crippen LogP contribution in [0.1, 0.15) is 49.4 Å². The van der Waals surface area contributed by atoms with Crippen LogP contribution >= 0.6 is 0 Å². The molecule has 0 bridgehead atoms. The zero-order valence-electron chi connectivity index (χ0n) is 18.2. The zero-order chi connectivity index (χ0) is 21.9. The van der Waals surface area contributed by atoms with E-state index in [0.29, 0.717) is 0 Å². The average Bonchev–Trinajstić information content (AvgIpc) is 3.12. The first-order valence-corrected chi connectivity index (χ1v) is 11.4. The summed E-state index contributed by atoms with van der Waals surface area (Å²) in [5.41, 5.74) is 16.7. The van der Waals surface area contributed by atoms with Crippen LogP contribution in [0.3, 0.4) is 0 Å². The maximum atomic E-state index is 12.5. The van der Waals surface area contributed by atoms with Crippen molar-refractivity contribution >= 4 is 11.6 Å². The molecule has 160 valence electrons. The van der Waals surface area contributed by atoms with E-state index >= 15 is 0 Å². The number of hydrogen-bond donors (Lipinski definition) is 2. The van der Waals surface area contributed by atoms with Crippen LogP contribution in [0.25, 0.3) is 22.4 Å². The lowest BCUT2D eigenvalue weighted by molar-refractivity contribution is -0.125. The number of hydrazone groups is 1. The molecule has 1 fully saturated rings. The highest BCUT2D eigenvalue weighted by atomic mass is 16.2. The predicted octanol–water partition coefficient (Wildman–Crippen LogP) is 4.54.